The number of amides is 1. The summed E-state index contributed by atoms with van der Waals surface area (Å²) in [6, 6.07) is 10.9. The number of aromatic amines is 1. The number of nitrogens with zero attached hydrogens (tertiary/aromatic N) is 2. The Kier molecular flexibility index (Phi) is 3.52. The van der Waals surface area contributed by atoms with E-state index in [-0.39, 0.29) is 17.0 Å². The Morgan fingerprint density at radius 2 is 1.91 bits per heavy atom. The molecule has 0 aliphatic heterocycles. The van der Waals surface area contributed by atoms with Gasteiger partial charge in [0.2, 0.25) is 0 Å². The van der Waals surface area contributed by atoms with Gasteiger partial charge in [-0.25, -0.2) is 9.50 Å². The van der Waals surface area contributed by atoms with Crippen molar-refractivity contribution in [3.05, 3.63) is 58.5 Å². The Morgan fingerprint density at radius 3 is 2.57 bits per heavy atom. The van der Waals surface area contributed by atoms with Gasteiger partial charge in [-0.15, -0.1) is 0 Å². The van der Waals surface area contributed by atoms with Crippen molar-refractivity contribution in [1.82, 2.24) is 19.9 Å². The average molecular weight is 310 g/mol. The summed E-state index contributed by atoms with van der Waals surface area (Å²) in [6.07, 6.45) is 1.50. The number of hydrogen-bond acceptors (Lipinski definition) is 3. The highest BCUT2D eigenvalue weighted by Gasteiger charge is 2.20. The monoisotopic (exact) mass is 310 g/mol. The highest BCUT2D eigenvalue weighted by Crippen LogP contribution is 2.17. The van der Waals surface area contributed by atoms with Crippen LogP contribution in [0.15, 0.2) is 47.4 Å². The maximum absolute atomic E-state index is 12.4. The number of benzene rings is 1. The van der Waals surface area contributed by atoms with E-state index in [9.17, 15) is 9.59 Å². The van der Waals surface area contributed by atoms with Crippen LogP contribution in [0.5, 0.6) is 0 Å². The van der Waals surface area contributed by atoms with Gasteiger partial charge in [-0.2, -0.15) is 0 Å². The van der Waals surface area contributed by atoms with Gasteiger partial charge >= 0.3 is 0 Å². The molecule has 3 aromatic rings. The quantitative estimate of drug-likeness (QED) is 0.761. The lowest BCUT2D eigenvalue weighted by atomic mass is 10.1. The number of fused-ring (bicyclic) bond motifs is 1. The predicted molar refractivity (Wildman–Crippen MR) is 88.5 cm³/mol. The first-order valence-electron chi connectivity index (χ1n) is 7.34. The minimum absolute atomic E-state index is 0.260. The molecule has 0 fully saturated rings. The van der Waals surface area contributed by atoms with Crippen molar-refractivity contribution in [3.63, 3.8) is 0 Å². The van der Waals surface area contributed by atoms with Gasteiger partial charge < -0.3 is 5.32 Å². The summed E-state index contributed by atoms with van der Waals surface area (Å²) in [5.41, 5.74) is 1.40. The first kappa shape index (κ1) is 15.0. The molecule has 0 bridgehead atoms. The molecule has 0 aliphatic carbocycles. The molecule has 0 unspecified atom stereocenters. The predicted octanol–water partition coefficient (Wildman–Crippen LogP) is 2.22. The molecular formula is C17H18N4O2. The molecule has 0 saturated carbocycles. The maximum Gasteiger partial charge on any atom is 0.273 e. The molecule has 1 aromatic carbocycles. The zero-order valence-electron chi connectivity index (χ0n) is 13.3. The minimum Gasteiger partial charge on any atom is -0.347 e. The van der Waals surface area contributed by atoms with E-state index < -0.39 is 0 Å². The topological polar surface area (TPSA) is 79.3 Å². The van der Waals surface area contributed by atoms with Gasteiger partial charge in [-0.05, 0) is 20.8 Å². The maximum atomic E-state index is 12.4. The summed E-state index contributed by atoms with van der Waals surface area (Å²) >= 11 is 0. The van der Waals surface area contributed by atoms with E-state index in [0.717, 1.165) is 5.56 Å². The second-order valence-corrected chi connectivity index (χ2v) is 6.40. The first-order chi connectivity index (χ1) is 10.8. The van der Waals surface area contributed by atoms with Crippen molar-refractivity contribution in [2.75, 3.05) is 0 Å². The molecule has 3 rings (SSSR count). The van der Waals surface area contributed by atoms with Crippen LogP contribution < -0.4 is 10.9 Å². The second-order valence-electron chi connectivity index (χ2n) is 6.40. The smallest absolute Gasteiger partial charge is 0.273 e. The van der Waals surface area contributed by atoms with Crippen LogP contribution >= 0.6 is 0 Å². The zero-order chi connectivity index (χ0) is 16.6. The molecule has 0 spiro atoms. The number of hydrogen-bond donors (Lipinski definition) is 2. The van der Waals surface area contributed by atoms with Gasteiger partial charge in [0.25, 0.3) is 11.5 Å². The van der Waals surface area contributed by atoms with Crippen molar-refractivity contribution in [3.8, 4) is 11.3 Å². The van der Waals surface area contributed by atoms with Gasteiger partial charge in [0.1, 0.15) is 5.56 Å². The van der Waals surface area contributed by atoms with Crippen LogP contribution in [0.4, 0.5) is 0 Å². The van der Waals surface area contributed by atoms with E-state index in [2.05, 4.69) is 15.4 Å². The number of aromatic nitrogens is 3. The third-order valence-corrected chi connectivity index (χ3v) is 3.30. The lowest BCUT2D eigenvalue weighted by Gasteiger charge is -2.19. The van der Waals surface area contributed by atoms with Crippen LogP contribution in [0.3, 0.4) is 0 Å². The SMILES string of the molecule is CC(C)(C)NC(=O)c1c[nH]n2c(=O)cc(-c3ccccc3)nc12. The van der Waals surface area contributed by atoms with Crippen molar-refractivity contribution in [1.29, 1.82) is 0 Å². The fraction of sp³-hybridized carbons (Fsp3) is 0.235. The molecule has 1 amide bonds. The van der Waals surface area contributed by atoms with Crippen molar-refractivity contribution in [2.45, 2.75) is 26.3 Å². The third kappa shape index (κ3) is 3.01. The molecule has 0 aliphatic rings. The summed E-state index contributed by atoms with van der Waals surface area (Å²) < 4.78 is 1.27. The molecule has 2 aromatic heterocycles. The van der Waals surface area contributed by atoms with Crippen LogP contribution in [0.2, 0.25) is 0 Å². The number of rotatable bonds is 2. The molecule has 118 valence electrons. The Morgan fingerprint density at radius 1 is 1.22 bits per heavy atom. The van der Waals surface area contributed by atoms with E-state index in [0.29, 0.717) is 16.9 Å². The van der Waals surface area contributed by atoms with Crippen LogP contribution in [-0.2, 0) is 0 Å². The fourth-order valence-corrected chi connectivity index (χ4v) is 2.31. The molecule has 2 N–H and O–H groups in total. The Hall–Kier alpha value is -2.89. The normalized spacial score (nSPS) is 11.6. The van der Waals surface area contributed by atoms with E-state index in [4.69, 9.17) is 0 Å². The molecule has 6 nitrogen and oxygen atoms in total. The van der Waals surface area contributed by atoms with Crippen molar-refractivity contribution in [2.24, 2.45) is 0 Å². The number of carbonyl (C=O) groups is 1. The number of H-pyrrole nitrogens is 1. The minimum atomic E-state index is -0.372. The van der Waals surface area contributed by atoms with Crippen molar-refractivity contribution < 1.29 is 4.79 Å². The van der Waals surface area contributed by atoms with Crippen molar-refractivity contribution >= 4 is 11.6 Å². The molecular weight excluding hydrogens is 292 g/mol. The summed E-state index contributed by atoms with van der Waals surface area (Å²) in [7, 11) is 0. The molecule has 0 atom stereocenters. The average Bonchev–Trinajstić information content (AvgIpc) is 2.91. The Balaban J connectivity index is 2.14. The third-order valence-electron chi connectivity index (χ3n) is 3.30. The molecule has 2 heterocycles. The summed E-state index contributed by atoms with van der Waals surface area (Å²) in [5, 5.41) is 5.66. The van der Waals surface area contributed by atoms with Gasteiger partial charge in [-0.3, -0.25) is 14.7 Å². The van der Waals surface area contributed by atoms with E-state index in [1.54, 1.807) is 0 Å². The number of carbonyl (C=O) groups excluding carboxylic acids is 1. The number of nitrogens with one attached hydrogen (secondary N) is 2. The highest BCUT2D eigenvalue weighted by atomic mass is 16.2. The van der Waals surface area contributed by atoms with E-state index in [1.807, 2.05) is 51.1 Å². The van der Waals surface area contributed by atoms with E-state index >= 15 is 0 Å². The zero-order valence-corrected chi connectivity index (χ0v) is 13.3. The molecule has 0 saturated heterocycles. The van der Waals surface area contributed by atoms with Crippen LogP contribution in [0.25, 0.3) is 16.9 Å². The largest absolute Gasteiger partial charge is 0.347 e. The first-order valence-corrected chi connectivity index (χ1v) is 7.34. The lowest BCUT2D eigenvalue weighted by Crippen LogP contribution is -2.40. The molecule has 0 radical (unpaired) electrons. The van der Waals surface area contributed by atoms with Gasteiger partial charge in [0.15, 0.2) is 5.65 Å². The fourth-order valence-electron chi connectivity index (χ4n) is 2.31. The van der Waals surface area contributed by atoms with Gasteiger partial charge in [0.05, 0.1) is 5.69 Å². The van der Waals surface area contributed by atoms with Crippen LogP contribution in [-0.4, -0.2) is 26.0 Å². The molecule has 6 heteroatoms. The van der Waals surface area contributed by atoms with Crippen LogP contribution in [0.1, 0.15) is 31.1 Å². The highest BCUT2D eigenvalue weighted by molar-refractivity contribution is 6.00. The summed E-state index contributed by atoms with van der Waals surface area (Å²) in [4.78, 5) is 29.2. The lowest BCUT2D eigenvalue weighted by molar-refractivity contribution is 0.0921. The second kappa shape index (κ2) is 5.39. The van der Waals surface area contributed by atoms with Gasteiger partial charge in [-0.1, -0.05) is 30.3 Å². The summed E-state index contributed by atoms with van der Waals surface area (Å²) in [6.45, 7) is 5.69. The Bertz CT molecular complexity index is 917. The standard InChI is InChI=1S/C17H18N4O2/c1-17(2,3)20-16(23)12-10-18-21-14(22)9-13(19-15(12)21)11-7-5-4-6-8-11/h4-10,18H,1-3H3,(H,20,23). The van der Waals surface area contributed by atoms with E-state index in [1.165, 1.54) is 16.8 Å². The summed E-state index contributed by atoms with van der Waals surface area (Å²) in [5.74, 6) is -0.270. The Labute approximate surface area is 133 Å². The van der Waals surface area contributed by atoms with Gasteiger partial charge in [0, 0.05) is 23.4 Å². The molecule has 23 heavy (non-hydrogen) atoms. The van der Waals surface area contributed by atoms with Crippen LogP contribution in [0, 0.1) is 0 Å².